The van der Waals surface area contributed by atoms with Gasteiger partial charge in [0.05, 0.1) is 5.52 Å². The highest BCUT2D eigenvalue weighted by Crippen LogP contribution is 2.30. The molecule has 1 aliphatic rings. The number of nitrogens with one attached hydrogen (secondary N) is 1. The van der Waals surface area contributed by atoms with Crippen LogP contribution in [0.4, 0.5) is 5.82 Å². The van der Waals surface area contributed by atoms with E-state index in [0.717, 1.165) is 37.5 Å². The summed E-state index contributed by atoms with van der Waals surface area (Å²) < 4.78 is 0. The minimum Gasteiger partial charge on any atom is -0.354 e. The molecule has 3 aromatic rings. The van der Waals surface area contributed by atoms with Crippen LogP contribution in [0.1, 0.15) is 0 Å². The highest BCUT2D eigenvalue weighted by molar-refractivity contribution is 7.08. The van der Waals surface area contributed by atoms with Gasteiger partial charge in [0, 0.05) is 37.1 Å². The number of benzene rings is 1. The lowest BCUT2D eigenvalue weighted by molar-refractivity contribution is 0.585. The maximum Gasteiger partial charge on any atom is 0.129 e. The molecule has 4 heteroatoms. The zero-order valence-electron chi connectivity index (χ0n) is 11.7. The van der Waals surface area contributed by atoms with Crippen LogP contribution in [-0.2, 0) is 0 Å². The smallest absolute Gasteiger partial charge is 0.129 e. The van der Waals surface area contributed by atoms with Crippen LogP contribution in [0.15, 0.2) is 47.2 Å². The van der Waals surface area contributed by atoms with Crippen LogP contribution in [0, 0.1) is 0 Å². The maximum absolute atomic E-state index is 4.96. The van der Waals surface area contributed by atoms with Crippen LogP contribution in [-0.4, -0.2) is 31.2 Å². The van der Waals surface area contributed by atoms with Gasteiger partial charge in [0.2, 0.25) is 0 Å². The van der Waals surface area contributed by atoms with Crippen molar-refractivity contribution in [3.05, 3.63) is 47.2 Å². The number of para-hydroxylation sites is 1. The van der Waals surface area contributed by atoms with E-state index in [-0.39, 0.29) is 0 Å². The highest BCUT2D eigenvalue weighted by Gasteiger charge is 2.13. The first-order valence-electron chi connectivity index (χ1n) is 7.30. The number of pyridine rings is 1. The first kappa shape index (κ1) is 12.8. The number of aromatic nitrogens is 1. The van der Waals surface area contributed by atoms with Crippen molar-refractivity contribution in [1.29, 1.82) is 0 Å². The van der Waals surface area contributed by atoms with Gasteiger partial charge in [-0.25, -0.2) is 4.98 Å². The fourth-order valence-corrected chi connectivity index (χ4v) is 3.51. The average molecular weight is 295 g/mol. The van der Waals surface area contributed by atoms with Crippen molar-refractivity contribution in [2.45, 2.75) is 0 Å². The second kappa shape index (κ2) is 5.47. The molecule has 0 spiro atoms. The van der Waals surface area contributed by atoms with Crippen LogP contribution in [0.3, 0.4) is 0 Å². The molecule has 1 fully saturated rings. The summed E-state index contributed by atoms with van der Waals surface area (Å²) in [5.41, 5.74) is 3.59. The van der Waals surface area contributed by atoms with Crippen molar-refractivity contribution < 1.29 is 0 Å². The number of anilines is 1. The van der Waals surface area contributed by atoms with Crippen LogP contribution in [0.25, 0.3) is 22.0 Å². The Bertz CT molecular complexity index is 746. The van der Waals surface area contributed by atoms with Gasteiger partial charge in [0.25, 0.3) is 0 Å². The summed E-state index contributed by atoms with van der Waals surface area (Å²) in [4.78, 5) is 7.32. The van der Waals surface area contributed by atoms with Crippen molar-refractivity contribution in [3.8, 4) is 11.1 Å². The number of thiophene rings is 1. The van der Waals surface area contributed by atoms with Crippen LogP contribution in [0.2, 0.25) is 0 Å². The van der Waals surface area contributed by atoms with Crippen molar-refractivity contribution >= 4 is 28.1 Å². The molecule has 106 valence electrons. The van der Waals surface area contributed by atoms with E-state index in [1.807, 2.05) is 0 Å². The zero-order chi connectivity index (χ0) is 14.1. The third kappa shape index (κ3) is 2.41. The SMILES string of the molecule is c1cc(-c2ccsc2)c2nc(N3CCNCC3)ccc2c1. The van der Waals surface area contributed by atoms with Gasteiger partial charge in [-0.2, -0.15) is 11.3 Å². The van der Waals surface area contributed by atoms with Gasteiger partial charge >= 0.3 is 0 Å². The molecule has 0 radical (unpaired) electrons. The molecule has 3 heterocycles. The fraction of sp³-hybridized carbons (Fsp3) is 0.235. The fourth-order valence-electron chi connectivity index (χ4n) is 2.86. The van der Waals surface area contributed by atoms with Crippen molar-refractivity contribution in [2.75, 3.05) is 31.1 Å². The van der Waals surface area contributed by atoms with E-state index in [0.29, 0.717) is 0 Å². The molecule has 4 rings (SSSR count). The summed E-state index contributed by atoms with van der Waals surface area (Å²) >= 11 is 1.73. The Morgan fingerprint density at radius 3 is 2.76 bits per heavy atom. The molecule has 21 heavy (non-hydrogen) atoms. The third-order valence-electron chi connectivity index (χ3n) is 3.98. The maximum atomic E-state index is 4.96. The molecule has 0 saturated carbocycles. The van der Waals surface area contributed by atoms with Gasteiger partial charge in [-0.1, -0.05) is 18.2 Å². The minimum absolute atomic E-state index is 1.03. The number of rotatable bonds is 2. The van der Waals surface area contributed by atoms with E-state index in [1.54, 1.807) is 11.3 Å². The first-order valence-corrected chi connectivity index (χ1v) is 8.24. The molecule has 1 aliphatic heterocycles. The molecule has 0 atom stereocenters. The van der Waals surface area contributed by atoms with Crippen molar-refractivity contribution in [1.82, 2.24) is 10.3 Å². The lowest BCUT2D eigenvalue weighted by atomic mass is 10.0. The Morgan fingerprint density at radius 2 is 1.95 bits per heavy atom. The van der Waals surface area contributed by atoms with E-state index in [4.69, 9.17) is 4.98 Å². The van der Waals surface area contributed by atoms with Gasteiger partial charge in [-0.05, 0) is 34.5 Å². The number of hydrogen-bond acceptors (Lipinski definition) is 4. The van der Waals surface area contributed by atoms with Crippen LogP contribution >= 0.6 is 11.3 Å². The quantitative estimate of drug-likeness (QED) is 0.785. The average Bonchev–Trinajstić information content (AvgIpc) is 3.09. The predicted octanol–water partition coefficient (Wildman–Crippen LogP) is 3.37. The Labute approximate surface area is 128 Å². The Kier molecular flexibility index (Phi) is 3.33. The molecule has 0 unspecified atom stereocenters. The van der Waals surface area contributed by atoms with Gasteiger partial charge in [-0.3, -0.25) is 0 Å². The van der Waals surface area contributed by atoms with E-state index >= 15 is 0 Å². The van der Waals surface area contributed by atoms with Gasteiger partial charge in [0.15, 0.2) is 0 Å². The molecule has 0 bridgehead atoms. The van der Waals surface area contributed by atoms with Crippen LogP contribution < -0.4 is 10.2 Å². The summed E-state index contributed by atoms with van der Waals surface area (Å²) in [7, 11) is 0. The molecule has 3 nitrogen and oxygen atoms in total. The Morgan fingerprint density at radius 1 is 1.05 bits per heavy atom. The van der Waals surface area contributed by atoms with Crippen LogP contribution in [0.5, 0.6) is 0 Å². The lowest BCUT2D eigenvalue weighted by Gasteiger charge is -2.28. The predicted molar refractivity (Wildman–Crippen MR) is 90.1 cm³/mol. The molecule has 1 aromatic carbocycles. The lowest BCUT2D eigenvalue weighted by Crippen LogP contribution is -2.43. The normalized spacial score (nSPS) is 15.5. The molecule has 0 aliphatic carbocycles. The highest BCUT2D eigenvalue weighted by atomic mass is 32.1. The molecule has 2 aromatic heterocycles. The first-order chi connectivity index (χ1) is 10.4. The largest absolute Gasteiger partial charge is 0.354 e. The Hall–Kier alpha value is -1.91. The van der Waals surface area contributed by atoms with E-state index in [1.165, 1.54) is 16.5 Å². The van der Waals surface area contributed by atoms with Gasteiger partial charge in [-0.15, -0.1) is 0 Å². The second-order valence-corrected chi connectivity index (χ2v) is 6.08. The number of nitrogens with zero attached hydrogens (tertiary/aromatic N) is 2. The van der Waals surface area contributed by atoms with Gasteiger partial charge in [0.1, 0.15) is 5.82 Å². The molecule has 0 amide bonds. The molecule has 1 N–H and O–H groups in total. The van der Waals surface area contributed by atoms with Crippen molar-refractivity contribution in [2.24, 2.45) is 0 Å². The number of piperazine rings is 1. The number of hydrogen-bond donors (Lipinski definition) is 1. The zero-order valence-corrected chi connectivity index (χ0v) is 12.6. The van der Waals surface area contributed by atoms with Crippen molar-refractivity contribution in [3.63, 3.8) is 0 Å². The summed E-state index contributed by atoms with van der Waals surface area (Å²) in [6, 6.07) is 12.9. The van der Waals surface area contributed by atoms with E-state index in [2.05, 4.69) is 57.4 Å². The second-order valence-electron chi connectivity index (χ2n) is 5.30. The molecular weight excluding hydrogens is 278 g/mol. The Balaban J connectivity index is 1.83. The molecule has 1 saturated heterocycles. The third-order valence-corrected chi connectivity index (χ3v) is 4.66. The van der Waals surface area contributed by atoms with E-state index < -0.39 is 0 Å². The summed E-state index contributed by atoms with van der Waals surface area (Å²) in [6.07, 6.45) is 0. The standard InChI is InChI=1S/C17H17N3S/c1-2-13-4-5-16(20-9-7-18-8-10-20)19-17(13)15(3-1)14-6-11-21-12-14/h1-6,11-12,18H,7-10H2. The monoisotopic (exact) mass is 295 g/mol. The van der Waals surface area contributed by atoms with E-state index in [9.17, 15) is 0 Å². The summed E-state index contributed by atoms with van der Waals surface area (Å²) in [5.74, 6) is 1.09. The number of fused-ring (bicyclic) bond motifs is 1. The summed E-state index contributed by atoms with van der Waals surface area (Å²) in [5, 5.41) is 8.90. The van der Waals surface area contributed by atoms with Gasteiger partial charge < -0.3 is 10.2 Å². The topological polar surface area (TPSA) is 28.2 Å². The minimum atomic E-state index is 1.03. The summed E-state index contributed by atoms with van der Waals surface area (Å²) in [6.45, 7) is 4.12. The molecular formula is C17H17N3S.